The lowest BCUT2D eigenvalue weighted by Gasteiger charge is -2.18. The van der Waals surface area contributed by atoms with Gasteiger partial charge in [-0.2, -0.15) is 5.10 Å². The van der Waals surface area contributed by atoms with Crippen molar-refractivity contribution < 1.29 is 0 Å². The molecule has 2 aromatic rings. The van der Waals surface area contributed by atoms with Gasteiger partial charge in [-0.3, -0.25) is 9.78 Å². The van der Waals surface area contributed by atoms with Crippen molar-refractivity contribution in [1.29, 1.82) is 0 Å². The lowest BCUT2D eigenvalue weighted by molar-refractivity contribution is 0.283. The largest absolute Gasteiger partial charge is 0.302 e. The molecule has 106 valence electrons. The van der Waals surface area contributed by atoms with Crippen LogP contribution in [0, 0.1) is 0 Å². The Hall–Kier alpha value is -2.01. The van der Waals surface area contributed by atoms with Crippen LogP contribution < -0.4 is 5.56 Å². The van der Waals surface area contributed by atoms with Gasteiger partial charge in [0.15, 0.2) is 0 Å². The van der Waals surface area contributed by atoms with E-state index in [9.17, 15) is 4.79 Å². The summed E-state index contributed by atoms with van der Waals surface area (Å²) in [5.74, 6) is 0. The van der Waals surface area contributed by atoms with E-state index in [2.05, 4.69) is 28.8 Å². The molecule has 0 bridgehead atoms. The average molecular weight is 272 g/mol. The van der Waals surface area contributed by atoms with Crippen molar-refractivity contribution in [1.82, 2.24) is 19.7 Å². The normalized spacial score (nSPS) is 10.9. The minimum absolute atomic E-state index is 0.0724. The number of rotatable bonds is 6. The van der Waals surface area contributed by atoms with Gasteiger partial charge in [-0.25, -0.2) is 4.68 Å². The van der Waals surface area contributed by atoms with E-state index in [1.54, 1.807) is 18.3 Å². The first kappa shape index (κ1) is 14.4. The van der Waals surface area contributed by atoms with Crippen LogP contribution in [0.3, 0.4) is 0 Å². The van der Waals surface area contributed by atoms with Gasteiger partial charge in [-0.1, -0.05) is 19.9 Å². The molecule has 2 aromatic heterocycles. The second kappa shape index (κ2) is 6.96. The second-order valence-corrected chi connectivity index (χ2v) is 4.52. The summed E-state index contributed by atoms with van der Waals surface area (Å²) in [7, 11) is 0. The molecule has 0 N–H and O–H groups in total. The molecule has 5 nitrogen and oxygen atoms in total. The fourth-order valence-electron chi connectivity index (χ4n) is 2.04. The van der Waals surface area contributed by atoms with E-state index in [0.29, 0.717) is 6.54 Å². The van der Waals surface area contributed by atoms with Crippen molar-refractivity contribution in [2.45, 2.75) is 20.4 Å². The fourth-order valence-corrected chi connectivity index (χ4v) is 2.04. The van der Waals surface area contributed by atoms with Crippen molar-refractivity contribution >= 4 is 0 Å². The van der Waals surface area contributed by atoms with Gasteiger partial charge < -0.3 is 4.90 Å². The van der Waals surface area contributed by atoms with Crippen LogP contribution in [-0.4, -0.2) is 39.3 Å². The molecular weight excluding hydrogens is 252 g/mol. The van der Waals surface area contributed by atoms with Gasteiger partial charge in [0, 0.05) is 18.8 Å². The molecule has 0 spiro atoms. The smallest absolute Gasteiger partial charge is 0.266 e. The minimum Gasteiger partial charge on any atom is -0.302 e. The average Bonchev–Trinajstić information content (AvgIpc) is 2.51. The number of hydrogen-bond donors (Lipinski definition) is 0. The zero-order valence-electron chi connectivity index (χ0n) is 12.0. The number of aromatic nitrogens is 3. The van der Waals surface area contributed by atoms with Crippen LogP contribution in [0.4, 0.5) is 0 Å². The van der Waals surface area contributed by atoms with Crippen LogP contribution in [0.2, 0.25) is 0 Å². The SMILES string of the molecule is CCN(CC)CCn1nc(-c2ccccn2)ccc1=O. The van der Waals surface area contributed by atoms with Crippen LogP contribution >= 0.6 is 0 Å². The zero-order chi connectivity index (χ0) is 14.4. The van der Waals surface area contributed by atoms with Crippen molar-refractivity contribution in [3.63, 3.8) is 0 Å². The van der Waals surface area contributed by atoms with Crippen LogP contribution in [0.25, 0.3) is 11.4 Å². The molecule has 20 heavy (non-hydrogen) atoms. The highest BCUT2D eigenvalue weighted by molar-refractivity contribution is 5.52. The third kappa shape index (κ3) is 3.51. The quantitative estimate of drug-likeness (QED) is 0.802. The molecule has 0 unspecified atom stereocenters. The number of pyridine rings is 1. The first-order chi connectivity index (χ1) is 9.74. The molecule has 0 atom stereocenters. The van der Waals surface area contributed by atoms with Gasteiger partial charge in [-0.15, -0.1) is 0 Å². The molecule has 2 rings (SSSR count). The van der Waals surface area contributed by atoms with Crippen molar-refractivity contribution in [3.8, 4) is 11.4 Å². The molecule has 0 radical (unpaired) electrons. The lowest BCUT2D eigenvalue weighted by Crippen LogP contribution is -2.32. The topological polar surface area (TPSA) is 51.0 Å². The predicted octanol–water partition coefficient (Wildman–Crippen LogP) is 1.65. The van der Waals surface area contributed by atoms with E-state index in [-0.39, 0.29) is 5.56 Å². The van der Waals surface area contributed by atoms with Crippen LogP contribution in [-0.2, 0) is 6.54 Å². The second-order valence-electron chi connectivity index (χ2n) is 4.52. The summed E-state index contributed by atoms with van der Waals surface area (Å²) >= 11 is 0. The molecule has 0 aromatic carbocycles. The highest BCUT2D eigenvalue weighted by Gasteiger charge is 2.05. The van der Waals surface area contributed by atoms with E-state index < -0.39 is 0 Å². The molecule has 0 saturated heterocycles. The Bertz CT molecular complexity index is 590. The molecule has 0 saturated carbocycles. The highest BCUT2D eigenvalue weighted by atomic mass is 16.1. The molecule has 0 aliphatic heterocycles. The monoisotopic (exact) mass is 272 g/mol. The minimum atomic E-state index is -0.0724. The van der Waals surface area contributed by atoms with Gasteiger partial charge in [0.2, 0.25) is 0 Å². The summed E-state index contributed by atoms with van der Waals surface area (Å²) in [6.45, 7) is 7.61. The standard InChI is InChI=1S/C15H20N4O/c1-3-18(4-2)11-12-19-15(20)9-8-14(17-19)13-7-5-6-10-16-13/h5-10H,3-4,11-12H2,1-2H3. The number of hydrogen-bond acceptors (Lipinski definition) is 4. The summed E-state index contributed by atoms with van der Waals surface area (Å²) in [5.41, 5.74) is 1.44. The van der Waals surface area contributed by atoms with Crippen molar-refractivity contribution in [3.05, 3.63) is 46.9 Å². The Morgan fingerprint density at radius 3 is 2.55 bits per heavy atom. The fraction of sp³-hybridized carbons (Fsp3) is 0.400. The molecular formula is C15H20N4O. The Morgan fingerprint density at radius 2 is 1.90 bits per heavy atom. The Morgan fingerprint density at radius 1 is 1.10 bits per heavy atom. The highest BCUT2D eigenvalue weighted by Crippen LogP contribution is 2.10. The summed E-state index contributed by atoms with van der Waals surface area (Å²) in [6.07, 6.45) is 1.72. The van der Waals surface area contributed by atoms with Crippen LogP contribution in [0.1, 0.15) is 13.8 Å². The summed E-state index contributed by atoms with van der Waals surface area (Å²) in [4.78, 5) is 18.4. The molecule has 0 fully saturated rings. The van der Waals surface area contributed by atoms with Crippen molar-refractivity contribution in [2.75, 3.05) is 19.6 Å². The summed E-state index contributed by atoms with van der Waals surface area (Å²) in [5, 5.41) is 4.40. The lowest BCUT2D eigenvalue weighted by atomic mass is 10.2. The molecule has 0 aliphatic rings. The molecule has 2 heterocycles. The van der Waals surface area contributed by atoms with E-state index in [4.69, 9.17) is 0 Å². The molecule has 5 heteroatoms. The van der Waals surface area contributed by atoms with Crippen LogP contribution in [0.15, 0.2) is 41.3 Å². The first-order valence-corrected chi connectivity index (χ1v) is 6.96. The van der Waals surface area contributed by atoms with Crippen LogP contribution in [0.5, 0.6) is 0 Å². The van der Waals surface area contributed by atoms with Gasteiger partial charge >= 0.3 is 0 Å². The van der Waals surface area contributed by atoms with E-state index in [1.807, 2.05) is 18.2 Å². The predicted molar refractivity (Wildman–Crippen MR) is 79.5 cm³/mol. The maximum Gasteiger partial charge on any atom is 0.266 e. The maximum absolute atomic E-state index is 11.9. The van der Waals surface area contributed by atoms with Gasteiger partial charge in [-0.05, 0) is 31.3 Å². The Labute approximate surface area is 118 Å². The van der Waals surface area contributed by atoms with Gasteiger partial charge in [0.1, 0.15) is 5.69 Å². The third-order valence-corrected chi connectivity index (χ3v) is 3.32. The Kier molecular flexibility index (Phi) is 5.01. The summed E-state index contributed by atoms with van der Waals surface area (Å²) in [6, 6.07) is 8.94. The molecule has 0 aliphatic carbocycles. The van der Waals surface area contributed by atoms with E-state index >= 15 is 0 Å². The zero-order valence-corrected chi connectivity index (χ0v) is 12.0. The number of likely N-dealkylation sites (N-methyl/N-ethyl adjacent to an activating group) is 1. The van der Waals surface area contributed by atoms with E-state index in [0.717, 1.165) is 31.0 Å². The first-order valence-electron chi connectivity index (χ1n) is 6.96. The third-order valence-electron chi connectivity index (χ3n) is 3.32. The van der Waals surface area contributed by atoms with Gasteiger partial charge in [0.05, 0.1) is 12.2 Å². The van der Waals surface area contributed by atoms with E-state index in [1.165, 1.54) is 4.68 Å². The maximum atomic E-state index is 11.9. The number of nitrogens with zero attached hydrogens (tertiary/aromatic N) is 4. The van der Waals surface area contributed by atoms with Gasteiger partial charge in [0.25, 0.3) is 5.56 Å². The van der Waals surface area contributed by atoms with Crippen molar-refractivity contribution in [2.24, 2.45) is 0 Å². The Balaban J connectivity index is 2.19. The summed E-state index contributed by atoms with van der Waals surface area (Å²) < 4.78 is 1.52. The molecule has 0 amide bonds.